The molecule has 2 fully saturated rings. The lowest BCUT2D eigenvalue weighted by molar-refractivity contribution is 0.134. The van der Waals surface area contributed by atoms with E-state index in [0.29, 0.717) is 12.0 Å². The molecule has 0 radical (unpaired) electrons. The highest BCUT2D eigenvalue weighted by molar-refractivity contribution is 5.75. The van der Waals surface area contributed by atoms with Gasteiger partial charge in [-0.05, 0) is 58.5 Å². The Morgan fingerprint density at radius 3 is 2.61 bits per heavy atom. The molecule has 0 aromatic heterocycles. The number of piperidine rings is 1. The van der Waals surface area contributed by atoms with Gasteiger partial charge in [-0.3, -0.25) is 0 Å². The van der Waals surface area contributed by atoms with Crippen molar-refractivity contribution in [3.8, 4) is 0 Å². The molecule has 0 aromatic rings. The third-order valence-corrected chi connectivity index (χ3v) is 4.10. The molecule has 0 spiro atoms. The van der Waals surface area contributed by atoms with Crippen LogP contribution in [0.4, 0.5) is 4.79 Å². The standard InChI is InChI=1S/C14H27N3O/c1-12(2)17(11-13-6-5-7-15-10-13)14(18)16-8-3-4-9-16/h12-13,15H,3-11H2,1-2H3. The van der Waals surface area contributed by atoms with Crippen LogP contribution in [0, 0.1) is 5.92 Å². The Morgan fingerprint density at radius 2 is 2.06 bits per heavy atom. The summed E-state index contributed by atoms with van der Waals surface area (Å²) in [6, 6.07) is 0.563. The fourth-order valence-electron chi connectivity index (χ4n) is 2.96. The minimum Gasteiger partial charge on any atom is -0.325 e. The quantitative estimate of drug-likeness (QED) is 0.834. The third-order valence-electron chi connectivity index (χ3n) is 4.10. The number of rotatable bonds is 3. The molecule has 1 unspecified atom stereocenters. The van der Waals surface area contributed by atoms with Crippen molar-refractivity contribution in [1.82, 2.24) is 15.1 Å². The van der Waals surface area contributed by atoms with Crippen molar-refractivity contribution in [2.75, 3.05) is 32.7 Å². The molecule has 1 atom stereocenters. The van der Waals surface area contributed by atoms with Crippen molar-refractivity contribution in [2.45, 2.75) is 45.6 Å². The van der Waals surface area contributed by atoms with Crippen molar-refractivity contribution in [3.05, 3.63) is 0 Å². The molecule has 0 aromatic carbocycles. The number of hydrogen-bond donors (Lipinski definition) is 1. The van der Waals surface area contributed by atoms with Gasteiger partial charge in [0.1, 0.15) is 0 Å². The molecule has 2 aliphatic rings. The second-order valence-electron chi connectivity index (χ2n) is 5.94. The lowest BCUT2D eigenvalue weighted by Crippen LogP contribution is -2.49. The van der Waals surface area contributed by atoms with Gasteiger partial charge in [0.2, 0.25) is 0 Å². The number of hydrogen-bond acceptors (Lipinski definition) is 2. The van der Waals surface area contributed by atoms with E-state index in [1.807, 2.05) is 4.90 Å². The van der Waals surface area contributed by atoms with Crippen LogP contribution in [0.25, 0.3) is 0 Å². The number of nitrogens with one attached hydrogen (secondary N) is 1. The maximum Gasteiger partial charge on any atom is 0.320 e. The van der Waals surface area contributed by atoms with Crippen molar-refractivity contribution in [2.24, 2.45) is 5.92 Å². The monoisotopic (exact) mass is 253 g/mol. The van der Waals surface area contributed by atoms with Crippen LogP contribution in [-0.2, 0) is 0 Å². The Hall–Kier alpha value is -0.770. The molecule has 2 aliphatic heterocycles. The zero-order valence-corrected chi connectivity index (χ0v) is 11.8. The van der Waals surface area contributed by atoms with Crippen molar-refractivity contribution < 1.29 is 4.79 Å². The van der Waals surface area contributed by atoms with E-state index < -0.39 is 0 Å². The van der Waals surface area contributed by atoms with Crippen LogP contribution in [-0.4, -0.2) is 54.6 Å². The maximum absolute atomic E-state index is 12.5. The molecule has 4 heteroatoms. The first kappa shape index (κ1) is 13.7. The van der Waals surface area contributed by atoms with Gasteiger partial charge in [0.25, 0.3) is 0 Å². The smallest absolute Gasteiger partial charge is 0.320 e. The Bertz CT molecular complexity index is 268. The summed E-state index contributed by atoms with van der Waals surface area (Å²) in [7, 11) is 0. The highest BCUT2D eigenvalue weighted by Crippen LogP contribution is 2.17. The maximum atomic E-state index is 12.5. The molecule has 2 rings (SSSR count). The average molecular weight is 253 g/mol. The molecule has 2 heterocycles. The predicted molar refractivity (Wildman–Crippen MR) is 73.6 cm³/mol. The summed E-state index contributed by atoms with van der Waals surface area (Å²) in [5.41, 5.74) is 0. The van der Waals surface area contributed by atoms with Crippen molar-refractivity contribution >= 4 is 6.03 Å². The first-order valence-electron chi connectivity index (χ1n) is 7.44. The largest absolute Gasteiger partial charge is 0.325 e. The molecule has 2 saturated heterocycles. The van der Waals surface area contributed by atoms with Crippen molar-refractivity contribution in [3.63, 3.8) is 0 Å². The van der Waals surface area contributed by atoms with Gasteiger partial charge in [0.15, 0.2) is 0 Å². The fraction of sp³-hybridized carbons (Fsp3) is 0.929. The number of urea groups is 1. The van der Waals surface area contributed by atoms with Crippen LogP contribution in [0.2, 0.25) is 0 Å². The van der Waals surface area contributed by atoms with E-state index >= 15 is 0 Å². The summed E-state index contributed by atoms with van der Waals surface area (Å²) in [6.07, 6.45) is 4.84. The SMILES string of the molecule is CC(C)N(CC1CCCNC1)C(=O)N1CCCC1. The Morgan fingerprint density at radius 1 is 1.33 bits per heavy atom. The van der Waals surface area contributed by atoms with E-state index in [2.05, 4.69) is 24.1 Å². The summed E-state index contributed by atoms with van der Waals surface area (Å²) in [6.45, 7) is 9.28. The van der Waals surface area contributed by atoms with Gasteiger partial charge in [0.05, 0.1) is 0 Å². The lowest BCUT2D eigenvalue weighted by Gasteiger charge is -2.35. The average Bonchev–Trinajstić information content (AvgIpc) is 2.90. The minimum atomic E-state index is 0.257. The van der Waals surface area contributed by atoms with Gasteiger partial charge in [-0.1, -0.05) is 0 Å². The van der Waals surface area contributed by atoms with E-state index in [1.54, 1.807) is 0 Å². The summed E-state index contributed by atoms with van der Waals surface area (Å²) < 4.78 is 0. The van der Waals surface area contributed by atoms with Crippen LogP contribution in [0.3, 0.4) is 0 Å². The lowest BCUT2D eigenvalue weighted by atomic mass is 9.98. The first-order chi connectivity index (χ1) is 8.68. The molecule has 0 bridgehead atoms. The molecule has 104 valence electrons. The number of nitrogens with zero attached hydrogens (tertiary/aromatic N) is 2. The molecule has 0 saturated carbocycles. The van der Waals surface area contributed by atoms with Gasteiger partial charge in [-0.15, -0.1) is 0 Å². The Balaban J connectivity index is 1.91. The number of amides is 2. The van der Waals surface area contributed by atoms with Gasteiger partial charge in [-0.25, -0.2) is 4.79 Å². The molecule has 0 aliphatic carbocycles. The van der Waals surface area contributed by atoms with Crippen LogP contribution < -0.4 is 5.32 Å². The van der Waals surface area contributed by atoms with Crippen LogP contribution in [0.15, 0.2) is 0 Å². The highest BCUT2D eigenvalue weighted by Gasteiger charge is 2.27. The fourth-order valence-corrected chi connectivity index (χ4v) is 2.96. The second kappa shape index (κ2) is 6.41. The summed E-state index contributed by atoms with van der Waals surface area (Å²) in [4.78, 5) is 16.6. The molecule has 1 N–H and O–H groups in total. The number of carbonyl (C=O) groups excluding carboxylic acids is 1. The Kier molecular flexibility index (Phi) is 4.87. The molecule has 2 amide bonds. The van der Waals surface area contributed by atoms with E-state index in [4.69, 9.17) is 0 Å². The van der Waals surface area contributed by atoms with E-state index in [-0.39, 0.29) is 6.03 Å². The zero-order chi connectivity index (χ0) is 13.0. The minimum absolute atomic E-state index is 0.257. The molecule has 4 nitrogen and oxygen atoms in total. The predicted octanol–water partition coefficient (Wildman–Crippen LogP) is 1.91. The van der Waals surface area contributed by atoms with Crippen LogP contribution >= 0.6 is 0 Å². The van der Waals surface area contributed by atoms with Gasteiger partial charge >= 0.3 is 6.03 Å². The van der Waals surface area contributed by atoms with E-state index in [0.717, 1.165) is 32.7 Å². The van der Waals surface area contributed by atoms with Gasteiger partial charge in [0, 0.05) is 25.7 Å². The van der Waals surface area contributed by atoms with Gasteiger partial charge < -0.3 is 15.1 Å². The van der Waals surface area contributed by atoms with E-state index in [9.17, 15) is 4.79 Å². The molecular formula is C14H27N3O. The molecule has 18 heavy (non-hydrogen) atoms. The van der Waals surface area contributed by atoms with Crippen molar-refractivity contribution in [1.29, 1.82) is 0 Å². The first-order valence-corrected chi connectivity index (χ1v) is 7.44. The Labute approximate surface area is 111 Å². The third kappa shape index (κ3) is 3.37. The zero-order valence-electron chi connectivity index (χ0n) is 11.8. The van der Waals surface area contributed by atoms with Gasteiger partial charge in [-0.2, -0.15) is 0 Å². The topological polar surface area (TPSA) is 35.6 Å². The highest BCUT2D eigenvalue weighted by atomic mass is 16.2. The summed E-state index contributed by atoms with van der Waals surface area (Å²) in [5.74, 6) is 0.632. The van der Waals surface area contributed by atoms with Crippen LogP contribution in [0.1, 0.15) is 39.5 Å². The molecular weight excluding hydrogens is 226 g/mol. The number of carbonyl (C=O) groups is 1. The second-order valence-corrected chi connectivity index (χ2v) is 5.94. The summed E-state index contributed by atoms with van der Waals surface area (Å²) in [5, 5.41) is 3.44. The summed E-state index contributed by atoms with van der Waals surface area (Å²) >= 11 is 0. The van der Waals surface area contributed by atoms with Crippen LogP contribution in [0.5, 0.6) is 0 Å². The normalized spacial score (nSPS) is 24.6. The number of likely N-dealkylation sites (tertiary alicyclic amines) is 1. The van der Waals surface area contributed by atoms with E-state index in [1.165, 1.54) is 25.7 Å².